The molecular formula is C24H32N2O3. The first-order chi connectivity index (χ1) is 13.7. The van der Waals surface area contributed by atoms with Crippen LogP contribution in [0.3, 0.4) is 0 Å². The Morgan fingerprint density at radius 2 is 1.69 bits per heavy atom. The molecule has 1 atom stereocenters. The molecule has 0 saturated heterocycles. The number of rotatable bonds is 8. The van der Waals surface area contributed by atoms with Crippen LogP contribution in [-0.4, -0.2) is 36.9 Å². The molecule has 0 aliphatic heterocycles. The van der Waals surface area contributed by atoms with Gasteiger partial charge in [-0.25, -0.2) is 0 Å². The molecule has 0 saturated carbocycles. The Kier molecular flexibility index (Phi) is 7.82. The molecule has 2 amide bonds. The quantitative estimate of drug-likeness (QED) is 0.718. The van der Waals surface area contributed by atoms with Crippen molar-refractivity contribution < 1.29 is 14.3 Å². The van der Waals surface area contributed by atoms with Crippen molar-refractivity contribution in [3.8, 4) is 5.75 Å². The summed E-state index contributed by atoms with van der Waals surface area (Å²) in [5, 5.41) is 2.96. The summed E-state index contributed by atoms with van der Waals surface area (Å²) in [6.07, 6.45) is 1.04. The molecule has 2 aromatic carbocycles. The Balaban J connectivity index is 1.90. The SMILES string of the molecule is COc1ccccc1CC(C)N(C)C(=O)CCC(=O)Nc1c(C)cc(C)cc1C. The van der Waals surface area contributed by atoms with E-state index in [0.717, 1.165) is 28.1 Å². The second-order valence-electron chi connectivity index (χ2n) is 7.69. The van der Waals surface area contributed by atoms with E-state index in [2.05, 4.69) is 5.32 Å². The normalized spacial score (nSPS) is 11.7. The van der Waals surface area contributed by atoms with Gasteiger partial charge in [0.15, 0.2) is 0 Å². The molecule has 0 radical (unpaired) electrons. The van der Waals surface area contributed by atoms with Gasteiger partial charge in [0.25, 0.3) is 0 Å². The average Bonchev–Trinajstić information content (AvgIpc) is 2.68. The number of para-hydroxylation sites is 1. The third kappa shape index (κ3) is 6.08. The van der Waals surface area contributed by atoms with Crippen LogP contribution in [0, 0.1) is 20.8 Å². The molecule has 2 aromatic rings. The van der Waals surface area contributed by atoms with Gasteiger partial charge >= 0.3 is 0 Å². The fraction of sp³-hybridized carbons (Fsp3) is 0.417. The minimum Gasteiger partial charge on any atom is -0.496 e. The number of nitrogens with one attached hydrogen (secondary N) is 1. The molecule has 29 heavy (non-hydrogen) atoms. The van der Waals surface area contributed by atoms with Gasteiger partial charge in [-0.05, 0) is 56.9 Å². The summed E-state index contributed by atoms with van der Waals surface area (Å²) in [4.78, 5) is 26.7. The van der Waals surface area contributed by atoms with Gasteiger partial charge in [-0.1, -0.05) is 35.9 Å². The van der Waals surface area contributed by atoms with Crippen LogP contribution in [0.15, 0.2) is 36.4 Å². The van der Waals surface area contributed by atoms with Gasteiger partial charge in [-0.15, -0.1) is 0 Å². The molecule has 0 heterocycles. The lowest BCUT2D eigenvalue weighted by Gasteiger charge is -2.25. The van der Waals surface area contributed by atoms with E-state index in [1.165, 1.54) is 5.56 Å². The molecule has 0 aliphatic rings. The van der Waals surface area contributed by atoms with Crippen molar-refractivity contribution in [3.63, 3.8) is 0 Å². The number of hydrogen-bond donors (Lipinski definition) is 1. The Hall–Kier alpha value is -2.82. The van der Waals surface area contributed by atoms with E-state index in [4.69, 9.17) is 4.74 Å². The van der Waals surface area contributed by atoms with Crippen molar-refractivity contribution >= 4 is 17.5 Å². The number of hydrogen-bond acceptors (Lipinski definition) is 3. The van der Waals surface area contributed by atoms with Crippen LogP contribution in [0.4, 0.5) is 5.69 Å². The van der Waals surface area contributed by atoms with Crippen LogP contribution in [0.25, 0.3) is 0 Å². The Morgan fingerprint density at radius 1 is 1.07 bits per heavy atom. The molecule has 1 unspecified atom stereocenters. The molecule has 5 nitrogen and oxygen atoms in total. The highest BCUT2D eigenvalue weighted by Crippen LogP contribution is 2.23. The summed E-state index contributed by atoms with van der Waals surface area (Å²) >= 11 is 0. The Bertz CT molecular complexity index is 853. The molecule has 0 bridgehead atoms. The monoisotopic (exact) mass is 396 g/mol. The number of benzene rings is 2. The number of nitrogens with zero attached hydrogens (tertiary/aromatic N) is 1. The van der Waals surface area contributed by atoms with Crippen molar-refractivity contribution in [2.24, 2.45) is 0 Å². The van der Waals surface area contributed by atoms with E-state index < -0.39 is 0 Å². The van der Waals surface area contributed by atoms with Gasteiger partial charge in [0.2, 0.25) is 11.8 Å². The predicted molar refractivity (Wildman–Crippen MR) is 117 cm³/mol. The van der Waals surface area contributed by atoms with Gasteiger partial charge in [-0.3, -0.25) is 9.59 Å². The maximum Gasteiger partial charge on any atom is 0.224 e. The third-order valence-electron chi connectivity index (χ3n) is 5.27. The number of amides is 2. The topological polar surface area (TPSA) is 58.6 Å². The molecule has 0 aliphatic carbocycles. The fourth-order valence-electron chi connectivity index (χ4n) is 3.55. The molecule has 1 N–H and O–H groups in total. The predicted octanol–water partition coefficient (Wildman–Crippen LogP) is 4.43. The lowest BCUT2D eigenvalue weighted by atomic mass is 10.0. The summed E-state index contributed by atoms with van der Waals surface area (Å²) in [7, 11) is 3.43. The number of carbonyl (C=O) groups is 2. The molecular weight excluding hydrogens is 364 g/mol. The lowest BCUT2D eigenvalue weighted by Crippen LogP contribution is -2.36. The molecule has 0 spiro atoms. The van der Waals surface area contributed by atoms with Crippen LogP contribution < -0.4 is 10.1 Å². The zero-order valence-corrected chi connectivity index (χ0v) is 18.3. The number of anilines is 1. The van der Waals surface area contributed by atoms with E-state index in [9.17, 15) is 9.59 Å². The highest BCUT2D eigenvalue weighted by molar-refractivity contribution is 5.94. The first-order valence-electron chi connectivity index (χ1n) is 9.98. The minimum atomic E-state index is -0.140. The zero-order chi connectivity index (χ0) is 21.6. The molecule has 0 aromatic heterocycles. The molecule has 5 heteroatoms. The summed E-state index contributed by atoms with van der Waals surface area (Å²) < 4.78 is 5.39. The van der Waals surface area contributed by atoms with Crippen LogP contribution in [0.1, 0.15) is 42.0 Å². The largest absolute Gasteiger partial charge is 0.496 e. The standard InChI is InChI=1S/C24H32N2O3/c1-16-13-17(2)24(18(3)14-16)25-22(27)11-12-23(28)26(5)19(4)15-20-9-7-8-10-21(20)29-6/h7-10,13-14,19H,11-12,15H2,1-6H3,(H,25,27). The highest BCUT2D eigenvalue weighted by Gasteiger charge is 2.19. The maximum absolute atomic E-state index is 12.6. The van der Waals surface area contributed by atoms with Crippen LogP contribution in [-0.2, 0) is 16.0 Å². The third-order valence-corrected chi connectivity index (χ3v) is 5.27. The van der Waals surface area contributed by atoms with Crippen LogP contribution in [0.2, 0.25) is 0 Å². The first-order valence-corrected chi connectivity index (χ1v) is 9.98. The molecule has 2 rings (SSSR count). The second-order valence-corrected chi connectivity index (χ2v) is 7.69. The van der Waals surface area contributed by atoms with Crippen molar-refractivity contribution in [1.82, 2.24) is 4.90 Å². The van der Waals surface area contributed by atoms with Gasteiger partial charge < -0.3 is 15.0 Å². The smallest absolute Gasteiger partial charge is 0.224 e. The second kappa shape index (κ2) is 10.1. The van der Waals surface area contributed by atoms with E-state index in [-0.39, 0.29) is 30.7 Å². The number of aryl methyl sites for hydroxylation is 3. The summed E-state index contributed by atoms with van der Waals surface area (Å²) in [5.41, 5.74) is 5.13. The first kappa shape index (κ1) is 22.5. The van der Waals surface area contributed by atoms with Gasteiger partial charge in [0, 0.05) is 31.6 Å². The zero-order valence-electron chi connectivity index (χ0n) is 18.3. The average molecular weight is 397 g/mol. The van der Waals surface area contributed by atoms with Gasteiger partial charge in [0.05, 0.1) is 7.11 Å². The summed E-state index contributed by atoms with van der Waals surface area (Å²) in [5.74, 6) is 0.641. The number of carbonyl (C=O) groups excluding carboxylic acids is 2. The number of likely N-dealkylation sites (N-methyl/N-ethyl adjacent to an activating group) is 1. The van der Waals surface area contributed by atoms with E-state index in [0.29, 0.717) is 6.42 Å². The van der Waals surface area contributed by atoms with Crippen molar-refractivity contribution in [2.75, 3.05) is 19.5 Å². The van der Waals surface area contributed by atoms with Crippen molar-refractivity contribution in [1.29, 1.82) is 0 Å². The molecule has 0 fully saturated rings. The van der Waals surface area contributed by atoms with Gasteiger partial charge in [0.1, 0.15) is 5.75 Å². The minimum absolute atomic E-state index is 0.00319. The highest BCUT2D eigenvalue weighted by atomic mass is 16.5. The Labute approximate surface area is 174 Å². The number of methoxy groups -OCH3 is 1. The fourth-order valence-corrected chi connectivity index (χ4v) is 3.55. The van der Waals surface area contributed by atoms with E-state index >= 15 is 0 Å². The summed E-state index contributed by atoms with van der Waals surface area (Å²) in [6.45, 7) is 8.00. The van der Waals surface area contributed by atoms with Crippen LogP contribution >= 0.6 is 0 Å². The number of ether oxygens (including phenoxy) is 1. The summed E-state index contributed by atoms with van der Waals surface area (Å²) in [6, 6.07) is 11.9. The van der Waals surface area contributed by atoms with Gasteiger partial charge in [-0.2, -0.15) is 0 Å². The maximum atomic E-state index is 12.6. The van der Waals surface area contributed by atoms with Crippen molar-refractivity contribution in [2.45, 2.75) is 53.0 Å². The van der Waals surface area contributed by atoms with E-state index in [1.54, 1.807) is 19.1 Å². The lowest BCUT2D eigenvalue weighted by molar-refractivity contribution is -0.133. The molecule has 156 valence electrons. The Morgan fingerprint density at radius 3 is 2.31 bits per heavy atom. The van der Waals surface area contributed by atoms with Crippen molar-refractivity contribution in [3.05, 3.63) is 58.7 Å². The van der Waals surface area contributed by atoms with Crippen LogP contribution in [0.5, 0.6) is 5.75 Å². The van der Waals surface area contributed by atoms with E-state index in [1.807, 2.05) is 64.1 Å².